The molecule has 0 aliphatic rings. The van der Waals surface area contributed by atoms with Crippen molar-refractivity contribution in [3.05, 3.63) is 65.9 Å². The van der Waals surface area contributed by atoms with Gasteiger partial charge in [-0.1, -0.05) is 42.1 Å². The van der Waals surface area contributed by atoms with E-state index in [4.69, 9.17) is 4.74 Å². The molecule has 0 radical (unpaired) electrons. The molecule has 4 aromatic rings. The third-order valence-corrected chi connectivity index (χ3v) is 5.03. The van der Waals surface area contributed by atoms with Crippen molar-refractivity contribution in [1.82, 2.24) is 20.2 Å². The Balaban J connectivity index is 1.33. The molecule has 3 N–H and O–H groups in total. The molecule has 2 heterocycles. The predicted octanol–water partition coefficient (Wildman–Crippen LogP) is 3.72. The van der Waals surface area contributed by atoms with Crippen molar-refractivity contribution in [2.45, 2.75) is 5.16 Å². The molecule has 0 unspecified atom stereocenters. The third kappa shape index (κ3) is 4.46. The number of aromatic amines is 2. The van der Waals surface area contributed by atoms with E-state index in [9.17, 15) is 4.79 Å². The maximum absolute atomic E-state index is 12.3. The number of carbonyl (C=O) groups excluding carboxylic acids is 1. The molecule has 2 aromatic heterocycles. The van der Waals surface area contributed by atoms with E-state index in [2.05, 4.69) is 30.7 Å². The van der Waals surface area contributed by atoms with Crippen LogP contribution in [0.25, 0.3) is 10.9 Å². The number of fused-ring (bicyclic) bond motifs is 1. The monoisotopic (exact) mass is 406 g/mol. The molecule has 0 spiro atoms. The molecule has 0 saturated heterocycles. The summed E-state index contributed by atoms with van der Waals surface area (Å²) in [6.07, 6.45) is 3.60. The van der Waals surface area contributed by atoms with E-state index in [1.807, 2.05) is 30.5 Å². The van der Waals surface area contributed by atoms with Gasteiger partial charge < -0.3 is 9.72 Å². The number of hydrazone groups is 1. The number of rotatable bonds is 8. The van der Waals surface area contributed by atoms with Crippen molar-refractivity contribution in [2.75, 3.05) is 18.3 Å². The van der Waals surface area contributed by atoms with Gasteiger partial charge in [-0.3, -0.25) is 4.79 Å². The number of nitrogens with one attached hydrogen (secondary N) is 3. The Morgan fingerprint density at radius 1 is 1.28 bits per heavy atom. The van der Waals surface area contributed by atoms with Gasteiger partial charge in [0, 0.05) is 28.2 Å². The number of carbonyl (C=O) groups is 1. The molecule has 0 bridgehead atoms. The van der Waals surface area contributed by atoms with Crippen molar-refractivity contribution >= 4 is 40.6 Å². The van der Waals surface area contributed by atoms with Crippen molar-refractivity contribution in [3.63, 3.8) is 0 Å². The highest BCUT2D eigenvalue weighted by molar-refractivity contribution is 7.99. The van der Waals surface area contributed by atoms with Crippen molar-refractivity contribution in [3.8, 4) is 5.75 Å². The van der Waals surface area contributed by atoms with Crippen LogP contribution in [0.1, 0.15) is 15.9 Å². The maximum Gasteiger partial charge on any atom is 0.240 e. The first-order valence-electron chi connectivity index (χ1n) is 8.80. The number of benzene rings is 2. The van der Waals surface area contributed by atoms with E-state index < -0.39 is 0 Å². The van der Waals surface area contributed by atoms with E-state index in [1.165, 1.54) is 11.8 Å². The highest BCUT2D eigenvalue weighted by atomic mass is 32.2. The summed E-state index contributed by atoms with van der Waals surface area (Å²) in [5, 5.41) is 12.6. The second kappa shape index (κ2) is 8.61. The molecule has 0 aliphatic heterocycles. The Bertz CT molecular complexity index is 1170. The zero-order valence-corrected chi connectivity index (χ0v) is 16.4. The molecule has 0 atom stereocenters. The van der Waals surface area contributed by atoms with Crippen molar-refractivity contribution in [2.24, 2.45) is 5.10 Å². The lowest BCUT2D eigenvalue weighted by Gasteiger charge is -2.02. The molecule has 146 valence electrons. The summed E-state index contributed by atoms with van der Waals surface area (Å²) in [6, 6.07) is 15.1. The van der Waals surface area contributed by atoms with Gasteiger partial charge in [0.2, 0.25) is 11.1 Å². The normalized spacial score (nSPS) is 11.2. The summed E-state index contributed by atoms with van der Waals surface area (Å²) in [4.78, 5) is 19.8. The molecular weight excluding hydrogens is 388 g/mol. The number of anilines is 1. The van der Waals surface area contributed by atoms with Gasteiger partial charge in [0.05, 0.1) is 19.1 Å². The molecule has 0 amide bonds. The molecule has 0 fully saturated rings. The topological polar surface area (TPSA) is 108 Å². The van der Waals surface area contributed by atoms with Crippen LogP contribution in [-0.2, 0) is 0 Å². The Kier molecular flexibility index (Phi) is 5.57. The Morgan fingerprint density at radius 3 is 3.07 bits per heavy atom. The molecule has 4 rings (SSSR count). The Morgan fingerprint density at radius 2 is 2.17 bits per heavy atom. The molecule has 0 saturated carbocycles. The van der Waals surface area contributed by atoms with Crippen LogP contribution in [-0.4, -0.2) is 45.0 Å². The third-order valence-electron chi connectivity index (χ3n) is 4.18. The lowest BCUT2D eigenvalue weighted by atomic mass is 10.1. The van der Waals surface area contributed by atoms with E-state index in [-0.39, 0.29) is 11.5 Å². The number of ketones is 1. The SMILES string of the molecule is COc1cccc(C(=O)CSc2n[nH]c(N/N=C\c3c[nH]c4ccccc34)n2)c1. The molecule has 2 aromatic carbocycles. The average Bonchev–Trinajstić information content (AvgIpc) is 3.39. The minimum absolute atomic E-state index is 0.0226. The summed E-state index contributed by atoms with van der Waals surface area (Å²) >= 11 is 1.25. The van der Waals surface area contributed by atoms with Crippen LogP contribution in [0.5, 0.6) is 5.75 Å². The summed E-state index contributed by atoms with van der Waals surface area (Å²) in [6.45, 7) is 0. The number of para-hydroxylation sites is 1. The van der Waals surface area contributed by atoms with Gasteiger partial charge in [-0.15, -0.1) is 5.10 Å². The van der Waals surface area contributed by atoms with Crippen molar-refractivity contribution < 1.29 is 9.53 Å². The molecular formula is C20H18N6O2S. The minimum Gasteiger partial charge on any atom is -0.497 e. The molecule has 0 aliphatic carbocycles. The number of Topliss-reactive ketones (excluding diaryl/α,β-unsaturated/α-hetero) is 1. The number of methoxy groups -OCH3 is 1. The number of thioether (sulfide) groups is 1. The van der Waals surface area contributed by atoms with Crippen molar-refractivity contribution in [1.29, 1.82) is 0 Å². The number of aromatic nitrogens is 4. The van der Waals surface area contributed by atoms with Gasteiger partial charge in [-0.05, 0) is 18.2 Å². The van der Waals surface area contributed by atoms with Crippen LogP contribution in [0.3, 0.4) is 0 Å². The van der Waals surface area contributed by atoms with E-state index >= 15 is 0 Å². The summed E-state index contributed by atoms with van der Waals surface area (Å²) in [5.41, 5.74) is 5.42. The summed E-state index contributed by atoms with van der Waals surface area (Å²) in [7, 11) is 1.57. The van der Waals surface area contributed by atoms with Gasteiger partial charge in [0.25, 0.3) is 0 Å². The van der Waals surface area contributed by atoms with Crippen LogP contribution in [0, 0.1) is 0 Å². The molecule has 29 heavy (non-hydrogen) atoms. The second-order valence-electron chi connectivity index (χ2n) is 6.07. The summed E-state index contributed by atoms with van der Waals surface area (Å²) in [5.74, 6) is 1.25. The van der Waals surface area contributed by atoms with Gasteiger partial charge in [-0.25, -0.2) is 10.5 Å². The highest BCUT2D eigenvalue weighted by Gasteiger charge is 2.10. The van der Waals surface area contributed by atoms with E-state index in [0.29, 0.717) is 22.4 Å². The Hall–Kier alpha value is -3.59. The van der Waals surface area contributed by atoms with E-state index in [1.54, 1.807) is 37.6 Å². The standard InChI is InChI=1S/C20H18N6O2S/c1-28-15-6-4-5-13(9-15)18(27)12-29-20-23-19(25-26-20)24-22-11-14-10-21-17-8-3-2-7-16(14)17/h2-11,21H,12H2,1H3,(H2,23,24,25,26)/b22-11-. The van der Waals surface area contributed by atoms with Crippen LogP contribution >= 0.6 is 11.8 Å². The van der Waals surface area contributed by atoms with Crippen LogP contribution < -0.4 is 10.2 Å². The molecule has 9 heteroatoms. The minimum atomic E-state index is -0.0226. The van der Waals surface area contributed by atoms with Gasteiger partial charge in [-0.2, -0.15) is 10.1 Å². The Labute approximate surface area is 170 Å². The average molecular weight is 406 g/mol. The fraction of sp³-hybridized carbons (Fsp3) is 0.100. The first kappa shape index (κ1) is 18.8. The first-order valence-corrected chi connectivity index (χ1v) is 9.79. The van der Waals surface area contributed by atoms with Crippen LogP contribution in [0.4, 0.5) is 5.95 Å². The number of hydrogen-bond acceptors (Lipinski definition) is 7. The van der Waals surface area contributed by atoms with E-state index in [0.717, 1.165) is 16.5 Å². The lowest BCUT2D eigenvalue weighted by Crippen LogP contribution is -2.02. The zero-order valence-electron chi connectivity index (χ0n) is 15.5. The quantitative estimate of drug-likeness (QED) is 0.178. The fourth-order valence-electron chi connectivity index (χ4n) is 2.73. The smallest absolute Gasteiger partial charge is 0.240 e. The van der Waals surface area contributed by atoms with Gasteiger partial charge in [0.15, 0.2) is 5.78 Å². The summed E-state index contributed by atoms with van der Waals surface area (Å²) < 4.78 is 5.15. The predicted molar refractivity (Wildman–Crippen MR) is 114 cm³/mol. The lowest BCUT2D eigenvalue weighted by molar-refractivity contribution is 0.102. The van der Waals surface area contributed by atoms with Gasteiger partial charge in [0.1, 0.15) is 5.75 Å². The number of nitrogens with zero attached hydrogens (tertiary/aromatic N) is 3. The first-order chi connectivity index (χ1) is 14.2. The number of ether oxygens (including phenoxy) is 1. The number of hydrogen-bond donors (Lipinski definition) is 3. The highest BCUT2D eigenvalue weighted by Crippen LogP contribution is 2.19. The van der Waals surface area contributed by atoms with Crippen LogP contribution in [0.15, 0.2) is 65.0 Å². The fourth-order valence-corrected chi connectivity index (χ4v) is 3.43. The largest absolute Gasteiger partial charge is 0.497 e. The maximum atomic E-state index is 12.3. The number of H-pyrrole nitrogens is 2. The van der Waals surface area contributed by atoms with Gasteiger partial charge >= 0.3 is 0 Å². The zero-order chi connectivity index (χ0) is 20.1. The van der Waals surface area contributed by atoms with Crippen LogP contribution in [0.2, 0.25) is 0 Å². The molecule has 8 nitrogen and oxygen atoms in total. The second-order valence-corrected chi connectivity index (χ2v) is 7.01.